The number of ether oxygens (including phenoxy) is 5. The summed E-state index contributed by atoms with van der Waals surface area (Å²) < 4.78 is 31.1. The van der Waals surface area contributed by atoms with Gasteiger partial charge in [-0.1, -0.05) is 19.1 Å². The molecule has 5 aliphatic carbocycles. The van der Waals surface area contributed by atoms with Gasteiger partial charge in [-0.15, -0.1) is 0 Å². The van der Waals surface area contributed by atoms with Gasteiger partial charge in [0.2, 0.25) is 0 Å². The number of anilines is 1. The molecule has 7 bridgehead atoms. The monoisotopic (exact) mass is 586 g/mol. The lowest BCUT2D eigenvalue weighted by atomic mass is 9.42. The van der Waals surface area contributed by atoms with Crippen LogP contribution in [0.15, 0.2) is 24.3 Å². The molecular weight excluding hydrogens is 540 g/mol. The summed E-state index contributed by atoms with van der Waals surface area (Å²) in [6.07, 6.45) is 1.22. The molecular formula is C32H46N2O8. The number of benzene rings is 1. The second-order valence-corrected chi connectivity index (χ2v) is 13.8. The van der Waals surface area contributed by atoms with Gasteiger partial charge in [-0.25, -0.2) is 4.79 Å². The molecule has 6 aliphatic rings. The van der Waals surface area contributed by atoms with Gasteiger partial charge >= 0.3 is 5.97 Å². The first-order chi connectivity index (χ1) is 20.1. The molecule has 1 aromatic rings. The number of hydrogen-bond donors (Lipinski definition) is 3. The first-order valence-corrected chi connectivity index (χ1v) is 15.5. The lowest BCUT2D eigenvalue weighted by molar-refractivity contribution is -0.320. The topological polar surface area (TPSA) is 133 Å². The molecule has 0 amide bonds. The van der Waals surface area contributed by atoms with Crippen LogP contribution < -0.4 is 5.73 Å². The molecule has 1 aliphatic heterocycles. The van der Waals surface area contributed by atoms with Gasteiger partial charge in [0.15, 0.2) is 0 Å². The highest BCUT2D eigenvalue weighted by Crippen LogP contribution is 2.80. The van der Waals surface area contributed by atoms with Gasteiger partial charge in [-0.3, -0.25) is 4.90 Å². The summed E-state index contributed by atoms with van der Waals surface area (Å²) in [6.45, 7) is 3.54. The normalized spacial score (nSPS) is 50.1. The molecule has 6 fully saturated rings. The number of likely N-dealkylation sites (tertiary alicyclic amines) is 1. The van der Waals surface area contributed by atoms with E-state index in [0.29, 0.717) is 30.8 Å². The number of carbonyl (C=O) groups excluding carboxylic acids is 1. The Labute approximate surface area is 247 Å². The number of nitrogens with two attached hydrogens (primary N) is 1. The number of nitrogen functional groups attached to an aromatic ring is 1. The van der Waals surface area contributed by atoms with Crippen molar-refractivity contribution >= 4 is 11.7 Å². The number of methoxy groups -OCH3 is 4. The van der Waals surface area contributed by atoms with E-state index in [4.69, 9.17) is 29.4 Å². The van der Waals surface area contributed by atoms with Crippen molar-refractivity contribution in [3.8, 4) is 0 Å². The molecule has 13 atom stereocenters. The third kappa shape index (κ3) is 3.12. The lowest BCUT2D eigenvalue weighted by Gasteiger charge is -2.70. The predicted octanol–water partition coefficient (Wildman–Crippen LogP) is 1.72. The number of fused-ring (bicyclic) bond motifs is 2. The number of carbonyl (C=O) groups is 1. The summed E-state index contributed by atoms with van der Waals surface area (Å²) in [4.78, 5) is 15.7. The fourth-order valence-corrected chi connectivity index (χ4v) is 12.0. The first-order valence-electron chi connectivity index (χ1n) is 15.5. The molecule has 232 valence electrons. The van der Waals surface area contributed by atoms with E-state index in [1.165, 1.54) is 0 Å². The molecule has 5 saturated carbocycles. The van der Waals surface area contributed by atoms with Crippen LogP contribution in [0.3, 0.4) is 0 Å². The highest BCUT2D eigenvalue weighted by atomic mass is 16.5. The van der Waals surface area contributed by atoms with Crippen molar-refractivity contribution in [2.45, 2.75) is 74.3 Å². The maximum absolute atomic E-state index is 13.4. The predicted molar refractivity (Wildman–Crippen MR) is 153 cm³/mol. The Morgan fingerprint density at radius 1 is 1.10 bits per heavy atom. The average Bonchev–Trinajstić information content (AvgIpc) is 3.41. The van der Waals surface area contributed by atoms with Crippen LogP contribution in [0, 0.1) is 34.5 Å². The minimum absolute atomic E-state index is 0.00697. The highest BCUT2D eigenvalue weighted by molar-refractivity contribution is 5.95. The summed E-state index contributed by atoms with van der Waals surface area (Å²) in [5, 5.41) is 26.3. The zero-order valence-electron chi connectivity index (χ0n) is 25.3. The van der Waals surface area contributed by atoms with Crippen LogP contribution in [0.2, 0.25) is 0 Å². The van der Waals surface area contributed by atoms with Gasteiger partial charge < -0.3 is 39.6 Å². The number of rotatable bonds is 8. The quantitative estimate of drug-likeness (QED) is 0.306. The van der Waals surface area contributed by atoms with E-state index in [2.05, 4.69) is 11.8 Å². The number of nitrogens with zero attached hydrogens (tertiary/aromatic N) is 1. The zero-order chi connectivity index (χ0) is 29.8. The molecule has 42 heavy (non-hydrogen) atoms. The van der Waals surface area contributed by atoms with Gasteiger partial charge in [0.25, 0.3) is 0 Å². The Kier molecular flexibility index (Phi) is 6.62. The van der Waals surface area contributed by atoms with E-state index >= 15 is 0 Å². The Hall–Kier alpha value is -1.79. The fraction of sp³-hybridized carbons (Fsp3) is 0.781. The van der Waals surface area contributed by atoms with Crippen molar-refractivity contribution in [1.82, 2.24) is 4.90 Å². The van der Waals surface area contributed by atoms with E-state index in [-0.39, 0.29) is 48.6 Å². The molecule has 1 aromatic carbocycles. The smallest absolute Gasteiger partial charge is 0.340 e. The molecule has 0 aromatic heterocycles. The number of piperidine rings is 1. The molecule has 7 rings (SSSR count). The Morgan fingerprint density at radius 3 is 2.50 bits per heavy atom. The van der Waals surface area contributed by atoms with Crippen molar-refractivity contribution in [2.75, 3.05) is 53.9 Å². The van der Waals surface area contributed by atoms with Gasteiger partial charge in [0, 0.05) is 75.7 Å². The number of likely N-dealkylation sites (N-methyl/N-ethyl adjacent to an activating group) is 1. The molecule has 10 nitrogen and oxygen atoms in total. The minimum atomic E-state index is -1.62. The minimum Gasteiger partial charge on any atom is -0.461 e. The van der Waals surface area contributed by atoms with E-state index in [1.807, 2.05) is 0 Å². The van der Waals surface area contributed by atoms with E-state index in [0.717, 1.165) is 19.3 Å². The van der Waals surface area contributed by atoms with Crippen LogP contribution in [0.25, 0.3) is 0 Å². The van der Waals surface area contributed by atoms with Crippen LogP contribution in [-0.2, 0) is 23.7 Å². The van der Waals surface area contributed by atoms with Crippen molar-refractivity contribution < 1.29 is 38.7 Å². The second-order valence-electron chi connectivity index (χ2n) is 13.8. The summed E-state index contributed by atoms with van der Waals surface area (Å²) >= 11 is 0. The summed E-state index contributed by atoms with van der Waals surface area (Å²) in [6, 6.07) is 6.55. The van der Waals surface area contributed by atoms with Crippen molar-refractivity contribution in [3.63, 3.8) is 0 Å². The molecule has 10 heteroatoms. The molecule has 4 N–H and O–H groups in total. The van der Waals surface area contributed by atoms with Crippen LogP contribution in [-0.4, -0.2) is 111 Å². The van der Waals surface area contributed by atoms with Crippen LogP contribution >= 0.6 is 0 Å². The van der Waals surface area contributed by atoms with Gasteiger partial charge in [0.1, 0.15) is 11.2 Å². The number of esters is 1. The van der Waals surface area contributed by atoms with Crippen LogP contribution in [0.5, 0.6) is 0 Å². The fourth-order valence-electron chi connectivity index (χ4n) is 12.0. The summed E-state index contributed by atoms with van der Waals surface area (Å²) in [7, 11) is 6.80. The Balaban J connectivity index is 1.41. The van der Waals surface area contributed by atoms with E-state index in [1.54, 1.807) is 52.7 Å². The maximum atomic E-state index is 13.4. The third-order valence-corrected chi connectivity index (χ3v) is 13.0. The number of hydrogen-bond acceptors (Lipinski definition) is 10. The number of para-hydroxylation sites is 1. The van der Waals surface area contributed by atoms with Crippen molar-refractivity contribution in [1.29, 1.82) is 0 Å². The Morgan fingerprint density at radius 2 is 1.86 bits per heavy atom. The molecule has 0 unspecified atom stereocenters. The third-order valence-electron chi connectivity index (χ3n) is 13.0. The molecule has 1 saturated heterocycles. The maximum Gasteiger partial charge on any atom is 0.340 e. The highest BCUT2D eigenvalue weighted by Gasteiger charge is 2.91. The first kappa shape index (κ1) is 29.0. The van der Waals surface area contributed by atoms with Gasteiger partial charge in [-0.05, 0) is 43.9 Å². The number of aliphatic hydroxyl groups is 2. The SMILES string of the molecule is CCN1C[C@@]2(COC(=O)c3ccccc3N)CC[C@H](OC)[C@@]34[C@@H]5C[C@@H]6[C@@H](OC)[C@@H]5[C@@](O)(C[C@H]6OC)[C@@](O)([C@@H](OC)[C@@H]23)[C@@H]14. The standard InChI is InChI=1S/C32H46N2O8/c1-6-34-15-29(16-42-27(35)17-9-7-8-10-20(17)33)12-11-22(39-3)31-19-13-18-21(38-2)14-30(36,23(19)24(18)40-4)32(37,28(31)34)26(41-5)25(29)31/h7-10,18-19,21-26,28,36-37H,6,11-16,33H2,1-5H3/t18-,19+,21+,22-,23+,24+,25-,26-,28-,29+,30-,31-,32+/m0/s1. The van der Waals surface area contributed by atoms with Crippen molar-refractivity contribution in [3.05, 3.63) is 29.8 Å². The van der Waals surface area contributed by atoms with Crippen LogP contribution in [0.1, 0.15) is 43.0 Å². The Bertz CT molecular complexity index is 1250. The lowest BCUT2D eigenvalue weighted by Crippen LogP contribution is -2.82. The molecule has 0 radical (unpaired) electrons. The van der Waals surface area contributed by atoms with Gasteiger partial charge in [-0.2, -0.15) is 0 Å². The largest absolute Gasteiger partial charge is 0.461 e. The van der Waals surface area contributed by atoms with Gasteiger partial charge in [0.05, 0.1) is 42.6 Å². The molecule has 1 heterocycles. The van der Waals surface area contributed by atoms with Crippen molar-refractivity contribution in [2.24, 2.45) is 34.5 Å². The zero-order valence-corrected chi connectivity index (χ0v) is 25.3. The summed E-state index contributed by atoms with van der Waals surface area (Å²) in [5.41, 5.74) is 2.65. The van der Waals surface area contributed by atoms with E-state index in [9.17, 15) is 15.0 Å². The van der Waals surface area contributed by atoms with Crippen LogP contribution in [0.4, 0.5) is 5.69 Å². The molecule has 1 spiro atoms. The van der Waals surface area contributed by atoms with E-state index < -0.39 is 40.1 Å². The average molecular weight is 587 g/mol. The second kappa shape index (κ2) is 9.60. The summed E-state index contributed by atoms with van der Waals surface area (Å²) in [5.74, 6) is -0.892.